The van der Waals surface area contributed by atoms with Gasteiger partial charge in [0.25, 0.3) is 0 Å². The van der Waals surface area contributed by atoms with Gasteiger partial charge in [-0.1, -0.05) is 92.4 Å². The molecule has 0 saturated carbocycles. The number of rotatable bonds is 12. The van der Waals surface area contributed by atoms with Crippen molar-refractivity contribution in [1.29, 1.82) is 0 Å². The zero-order valence-electron chi connectivity index (χ0n) is 13.8. The van der Waals surface area contributed by atoms with Crippen LogP contribution in [0.1, 0.15) is 98.8 Å². The molecular formula is C18H38. The summed E-state index contributed by atoms with van der Waals surface area (Å²) in [5.74, 6) is 2.76. The van der Waals surface area contributed by atoms with Crippen molar-refractivity contribution in [3.8, 4) is 0 Å². The monoisotopic (exact) mass is 254 g/mol. The van der Waals surface area contributed by atoms with Crippen LogP contribution in [0.2, 0.25) is 0 Å². The highest BCUT2D eigenvalue weighted by atomic mass is 14.2. The van der Waals surface area contributed by atoms with Crippen molar-refractivity contribution >= 4 is 0 Å². The maximum atomic E-state index is 2.46. The van der Waals surface area contributed by atoms with Crippen molar-refractivity contribution in [1.82, 2.24) is 0 Å². The molecule has 3 atom stereocenters. The normalized spacial score (nSPS) is 16.5. The summed E-state index contributed by atoms with van der Waals surface area (Å²) in [5.41, 5.74) is 0. The Morgan fingerprint density at radius 1 is 0.667 bits per heavy atom. The lowest BCUT2D eigenvalue weighted by molar-refractivity contribution is 0.289. The highest BCUT2D eigenvalue weighted by molar-refractivity contribution is 4.65. The Kier molecular flexibility index (Phi) is 12.1. The topological polar surface area (TPSA) is 0 Å². The summed E-state index contributed by atoms with van der Waals surface area (Å²) in [6, 6.07) is 0. The van der Waals surface area contributed by atoms with E-state index in [1.165, 1.54) is 64.2 Å². The van der Waals surface area contributed by atoms with E-state index in [1.54, 1.807) is 0 Å². The Hall–Kier alpha value is 0. The van der Waals surface area contributed by atoms with Gasteiger partial charge >= 0.3 is 0 Å². The summed E-state index contributed by atoms with van der Waals surface area (Å²) in [5, 5.41) is 0. The lowest BCUT2D eigenvalue weighted by atomic mass is 9.84. The fourth-order valence-electron chi connectivity index (χ4n) is 2.74. The minimum Gasteiger partial charge on any atom is -0.0654 e. The number of hydrogen-bond donors (Lipinski definition) is 0. The molecule has 0 aromatic rings. The highest BCUT2D eigenvalue weighted by Gasteiger charge is 2.14. The molecule has 0 bridgehead atoms. The fraction of sp³-hybridized carbons (Fsp3) is 1.00. The summed E-state index contributed by atoms with van der Waals surface area (Å²) in [6.07, 6.45) is 14.3. The molecule has 0 nitrogen and oxygen atoms in total. The minimum atomic E-state index is 0.913. The zero-order chi connectivity index (χ0) is 13.8. The Balaban J connectivity index is 3.43. The molecule has 110 valence electrons. The first kappa shape index (κ1) is 18.0. The Morgan fingerprint density at radius 3 is 1.78 bits per heavy atom. The van der Waals surface area contributed by atoms with Crippen LogP contribution in [0.5, 0.6) is 0 Å². The third-order valence-corrected chi connectivity index (χ3v) is 4.71. The van der Waals surface area contributed by atoms with E-state index in [0.717, 1.165) is 17.8 Å². The van der Waals surface area contributed by atoms with Crippen molar-refractivity contribution in [3.05, 3.63) is 0 Å². The molecule has 0 N–H and O–H groups in total. The molecule has 0 aliphatic rings. The highest BCUT2D eigenvalue weighted by Crippen LogP contribution is 2.25. The second-order valence-corrected chi connectivity index (χ2v) is 6.61. The van der Waals surface area contributed by atoms with Gasteiger partial charge in [-0.25, -0.2) is 0 Å². The maximum absolute atomic E-state index is 2.46. The van der Waals surface area contributed by atoms with Crippen LogP contribution in [0.15, 0.2) is 0 Å². The summed E-state index contributed by atoms with van der Waals surface area (Å²) < 4.78 is 0. The predicted octanol–water partition coefficient (Wildman–Crippen LogP) is 6.84. The first-order valence-corrected chi connectivity index (χ1v) is 8.61. The van der Waals surface area contributed by atoms with Crippen LogP contribution in [0, 0.1) is 17.8 Å². The van der Waals surface area contributed by atoms with Crippen molar-refractivity contribution < 1.29 is 0 Å². The minimum absolute atomic E-state index is 0.913. The van der Waals surface area contributed by atoms with Crippen molar-refractivity contribution in [2.24, 2.45) is 17.8 Å². The van der Waals surface area contributed by atoms with E-state index in [4.69, 9.17) is 0 Å². The first-order chi connectivity index (χ1) is 8.61. The molecule has 0 aromatic carbocycles. The van der Waals surface area contributed by atoms with Crippen LogP contribution in [-0.2, 0) is 0 Å². The molecule has 0 aliphatic carbocycles. The number of hydrogen-bond acceptors (Lipinski definition) is 0. The molecule has 0 heterocycles. The van der Waals surface area contributed by atoms with Gasteiger partial charge < -0.3 is 0 Å². The third-order valence-electron chi connectivity index (χ3n) is 4.71. The van der Waals surface area contributed by atoms with Crippen LogP contribution in [0.4, 0.5) is 0 Å². The molecule has 0 aliphatic heterocycles. The summed E-state index contributed by atoms with van der Waals surface area (Å²) in [4.78, 5) is 0. The van der Waals surface area contributed by atoms with Gasteiger partial charge in [-0.2, -0.15) is 0 Å². The average Bonchev–Trinajstić information content (AvgIpc) is 2.37. The van der Waals surface area contributed by atoms with Crippen LogP contribution < -0.4 is 0 Å². The van der Waals surface area contributed by atoms with E-state index >= 15 is 0 Å². The average molecular weight is 255 g/mol. The predicted molar refractivity (Wildman–Crippen MR) is 85.0 cm³/mol. The lowest BCUT2D eigenvalue weighted by Gasteiger charge is -2.22. The maximum Gasteiger partial charge on any atom is -0.0414 e. The number of unbranched alkanes of at least 4 members (excludes halogenated alkanes) is 6. The van der Waals surface area contributed by atoms with Crippen LogP contribution in [0.25, 0.3) is 0 Å². The molecule has 0 amide bonds. The molecule has 0 spiro atoms. The summed E-state index contributed by atoms with van der Waals surface area (Å²) >= 11 is 0. The lowest BCUT2D eigenvalue weighted by Crippen LogP contribution is -2.11. The standard InChI is InChI=1S/C18H38/c1-6-8-9-10-11-12-13-14-17(4)18(5)15-16(3)7-2/h16-18H,6-15H2,1-5H3. The van der Waals surface area contributed by atoms with Crippen molar-refractivity contribution in [2.75, 3.05) is 0 Å². The van der Waals surface area contributed by atoms with Gasteiger partial charge in [0, 0.05) is 0 Å². The largest absolute Gasteiger partial charge is 0.0654 e. The van der Waals surface area contributed by atoms with Crippen molar-refractivity contribution in [3.63, 3.8) is 0 Å². The molecule has 0 fully saturated rings. The second-order valence-electron chi connectivity index (χ2n) is 6.61. The summed E-state index contributed by atoms with van der Waals surface area (Å²) in [6.45, 7) is 11.9. The Bertz CT molecular complexity index is 161. The smallest absolute Gasteiger partial charge is 0.0414 e. The molecule has 0 heteroatoms. The molecule has 0 aromatic heterocycles. The first-order valence-electron chi connectivity index (χ1n) is 8.61. The van der Waals surface area contributed by atoms with E-state index in [0.29, 0.717) is 0 Å². The Labute approximate surface area is 117 Å². The van der Waals surface area contributed by atoms with Gasteiger partial charge in [0.05, 0.1) is 0 Å². The van der Waals surface area contributed by atoms with E-state index in [2.05, 4.69) is 34.6 Å². The molecular weight excluding hydrogens is 216 g/mol. The Morgan fingerprint density at radius 2 is 1.22 bits per heavy atom. The molecule has 0 radical (unpaired) electrons. The van der Waals surface area contributed by atoms with Gasteiger partial charge in [0.2, 0.25) is 0 Å². The fourth-order valence-corrected chi connectivity index (χ4v) is 2.74. The van der Waals surface area contributed by atoms with Crippen LogP contribution >= 0.6 is 0 Å². The van der Waals surface area contributed by atoms with E-state index < -0.39 is 0 Å². The van der Waals surface area contributed by atoms with E-state index in [9.17, 15) is 0 Å². The molecule has 0 saturated heterocycles. The van der Waals surface area contributed by atoms with Gasteiger partial charge in [0.15, 0.2) is 0 Å². The van der Waals surface area contributed by atoms with E-state index in [1.807, 2.05) is 0 Å². The quantitative estimate of drug-likeness (QED) is 0.335. The molecule has 0 rings (SSSR count). The third kappa shape index (κ3) is 9.97. The molecule has 3 unspecified atom stereocenters. The van der Waals surface area contributed by atoms with Gasteiger partial charge in [-0.3, -0.25) is 0 Å². The van der Waals surface area contributed by atoms with E-state index in [-0.39, 0.29) is 0 Å². The van der Waals surface area contributed by atoms with Crippen LogP contribution in [-0.4, -0.2) is 0 Å². The van der Waals surface area contributed by atoms with Crippen LogP contribution in [0.3, 0.4) is 0 Å². The molecule has 18 heavy (non-hydrogen) atoms. The van der Waals surface area contributed by atoms with Crippen molar-refractivity contribution in [2.45, 2.75) is 98.8 Å². The zero-order valence-corrected chi connectivity index (χ0v) is 13.8. The SMILES string of the molecule is CCCCCCCCCC(C)C(C)CC(C)CC. The van der Waals surface area contributed by atoms with Gasteiger partial charge in [-0.15, -0.1) is 0 Å². The van der Waals surface area contributed by atoms with Gasteiger partial charge in [-0.05, 0) is 24.2 Å². The summed E-state index contributed by atoms with van der Waals surface area (Å²) in [7, 11) is 0. The second kappa shape index (κ2) is 12.1. The van der Waals surface area contributed by atoms with Gasteiger partial charge in [0.1, 0.15) is 0 Å².